The highest BCUT2D eigenvalue weighted by atomic mass is 35.5. The predicted molar refractivity (Wildman–Crippen MR) is 90.3 cm³/mol. The van der Waals surface area contributed by atoms with Crippen molar-refractivity contribution in [2.45, 2.75) is 19.9 Å². The standard InChI is InChI=1S/C14H15ClN2O3S2/c1-7-6-9(13(18)20-3)12(21-7)17-14(19)16-8(2)10-4-5-11(15)22-10/h4-6,8H,1-3H3,(H2,16,17,19)/t8-/m0/s1. The van der Waals surface area contributed by atoms with E-state index in [-0.39, 0.29) is 12.1 Å². The molecule has 8 heteroatoms. The number of hydrogen-bond donors (Lipinski definition) is 2. The van der Waals surface area contributed by atoms with E-state index in [1.54, 1.807) is 12.1 Å². The van der Waals surface area contributed by atoms with Crippen molar-refractivity contribution in [1.29, 1.82) is 0 Å². The first kappa shape index (κ1) is 16.8. The summed E-state index contributed by atoms with van der Waals surface area (Å²) >= 11 is 8.62. The molecule has 0 aromatic carbocycles. The summed E-state index contributed by atoms with van der Waals surface area (Å²) in [5.41, 5.74) is 0.354. The normalized spacial score (nSPS) is 11.8. The predicted octanol–water partition coefficient (Wildman–Crippen LogP) is 4.44. The SMILES string of the molecule is COC(=O)c1cc(C)sc1NC(=O)N[C@@H](C)c1ccc(Cl)s1. The van der Waals surface area contributed by atoms with Crippen LogP contribution in [0.1, 0.15) is 33.1 Å². The first-order valence-electron chi connectivity index (χ1n) is 6.42. The topological polar surface area (TPSA) is 67.4 Å². The Balaban J connectivity index is 2.04. The number of rotatable bonds is 4. The third-order valence-electron chi connectivity index (χ3n) is 2.86. The summed E-state index contributed by atoms with van der Waals surface area (Å²) in [5.74, 6) is -0.474. The van der Waals surface area contributed by atoms with E-state index < -0.39 is 5.97 Å². The average Bonchev–Trinajstić information content (AvgIpc) is 3.04. The van der Waals surface area contributed by atoms with Gasteiger partial charge in [0, 0.05) is 9.75 Å². The summed E-state index contributed by atoms with van der Waals surface area (Å²) < 4.78 is 5.38. The summed E-state index contributed by atoms with van der Waals surface area (Å²) in [6, 6.07) is 4.78. The Bertz CT molecular complexity index is 696. The van der Waals surface area contributed by atoms with Crippen LogP contribution in [0, 0.1) is 6.92 Å². The van der Waals surface area contributed by atoms with Gasteiger partial charge in [-0.2, -0.15) is 0 Å². The molecule has 0 aliphatic rings. The van der Waals surface area contributed by atoms with Crippen LogP contribution >= 0.6 is 34.3 Å². The number of urea groups is 1. The molecule has 0 saturated heterocycles. The van der Waals surface area contributed by atoms with Crippen molar-refractivity contribution in [1.82, 2.24) is 5.32 Å². The molecule has 5 nitrogen and oxygen atoms in total. The van der Waals surface area contributed by atoms with Gasteiger partial charge in [0.05, 0.1) is 23.1 Å². The third kappa shape index (κ3) is 4.00. The van der Waals surface area contributed by atoms with Gasteiger partial charge in [-0.1, -0.05) is 11.6 Å². The first-order chi connectivity index (χ1) is 10.4. The maximum atomic E-state index is 12.1. The number of anilines is 1. The van der Waals surface area contributed by atoms with Crippen LogP contribution in [0.3, 0.4) is 0 Å². The summed E-state index contributed by atoms with van der Waals surface area (Å²) in [6.07, 6.45) is 0. The molecule has 0 radical (unpaired) electrons. The molecule has 0 bridgehead atoms. The van der Waals surface area contributed by atoms with Crippen molar-refractivity contribution in [3.05, 3.63) is 37.9 Å². The molecule has 1 atom stereocenters. The maximum Gasteiger partial charge on any atom is 0.340 e. The molecular weight excluding hydrogens is 344 g/mol. The fourth-order valence-electron chi connectivity index (χ4n) is 1.84. The van der Waals surface area contributed by atoms with Crippen molar-refractivity contribution in [3.63, 3.8) is 0 Å². The van der Waals surface area contributed by atoms with E-state index in [4.69, 9.17) is 16.3 Å². The van der Waals surface area contributed by atoms with Crippen molar-refractivity contribution >= 4 is 51.3 Å². The van der Waals surface area contributed by atoms with Crippen LogP contribution < -0.4 is 10.6 Å². The second kappa shape index (κ2) is 7.13. The summed E-state index contributed by atoms with van der Waals surface area (Å²) in [7, 11) is 1.31. The van der Waals surface area contributed by atoms with Gasteiger partial charge in [-0.25, -0.2) is 9.59 Å². The molecule has 2 amide bonds. The van der Waals surface area contributed by atoms with E-state index in [0.717, 1.165) is 9.75 Å². The second-order valence-corrected chi connectivity index (χ2v) is 7.56. The molecule has 2 rings (SSSR count). The van der Waals surface area contributed by atoms with Crippen LogP contribution in [-0.4, -0.2) is 19.1 Å². The van der Waals surface area contributed by atoms with Gasteiger partial charge in [-0.3, -0.25) is 5.32 Å². The van der Waals surface area contributed by atoms with Crippen LogP contribution in [0.4, 0.5) is 9.80 Å². The molecule has 0 spiro atoms. The van der Waals surface area contributed by atoms with Gasteiger partial charge in [-0.05, 0) is 32.0 Å². The Hall–Kier alpha value is -1.57. The number of carbonyl (C=O) groups is 2. The number of hydrogen-bond acceptors (Lipinski definition) is 5. The number of nitrogens with one attached hydrogen (secondary N) is 2. The van der Waals surface area contributed by atoms with Crippen LogP contribution in [0.2, 0.25) is 4.34 Å². The average molecular weight is 359 g/mol. The fraction of sp³-hybridized carbons (Fsp3) is 0.286. The van der Waals surface area contributed by atoms with Crippen LogP contribution in [0.25, 0.3) is 0 Å². The van der Waals surface area contributed by atoms with Crippen LogP contribution in [0.15, 0.2) is 18.2 Å². The van der Waals surface area contributed by atoms with E-state index in [2.05, 4.69) is 10.6 Å². The van der Waals surface area contributed by atoms with E-state index >= 15 is 0 Å². The lowest BCUT2D eigenvalue weighted by molar-refractivity contribution is 0.0602. The minimum atomic E-state index is -0.474. The molecule has 0 aliphatic heterocycles. The van der Waals surface area contributed by atoms with Gasteiger partial charge >= 0.3 is 12.0 Å². The van der Waals surface area contributed by atoms with Crippen LogP contribution in [0.5, 0.6) is 0 Å². The molecule has 2 aromatic rings. The van der Waals surface area contributed by atoms with Crippen molar-refractivity contribution in [3.8, 4) is 0 Å². The highest BCUT2D eigenvalue weighted by molar-refractivity contribution is 7.16. The number of halogens is 1. The molecule has 0 unspecified atom stereocenters. The number of ether oxygens (including phenoxy) is 1. The Morgan fingerprint density at radius 1 is 1.32 bits per heavy atom. The van der Waals surface area contributed by atoms with E-state index in [9.17, 15) is 9.59 Å². The van der Waals surface area contributed by atoms with Gasteiger partial charge in [0.1, 0.15) is 5.00 Å². The van der Waals surface area contributed by atoms with E-state index in [1.807, 2.05) is 19.9 Å². The van der Waals surface area contributed by atoms with Gasteiger partial charge in [0.25, 0.3) is 0 Å². The van der Waals surface area contributed by atoms with Crippen LogP contribution in [-0.2, 0) is 4.74 Å². The van der Waals surface area contributed by atoms with Gasteiger partial charge in [0.15, 0.2) is 0 Å². The zero-order chi connectivity index (χ0) is 16.3. The fourth-order valence-corrected chi connectivity index (χ4v) is 3.79. The largest absolute Gasteiger partial charge is 0.465 e. The second-order valence-electron chi connectivity index (χ2n) is 4.55. The Morgan fingerprint density at radius 2 is 2.05 bits per heavy atom. The smallest absolute Gasteiger partial charge is 0.340 e. The number of methoxy groups -OCH3 is 1. The van der Waals surface area contributed by atoms with Gasteiger partial charge in [-0.15, -0.1) is 22.7 Å². The molecule has 22 heavy (non-hydrogen) atoms. The number of carbonyl (C=O) groups excluding carboxylic acids is 2. The minimum Gasteiger partial charge on any atom is -0.465 e. The highest BCUT2D eigenvalue weighted by Crippen LogP contribution is 2.29. The molecular formula is C14H15ClN2O3S2. The summed E-state index contributed by atoms with van der Waals surface area (Å²) in [5, 5.41) is 5.97. The quantitative estimate of drug-likeness (QED) is 0.794. The minimum absolute atomic E-state index is 0.180. The lowest BCUT2D eigenvalue weighted by Crippen LogP contribution is -2.31. The Labute approximate surface area is 141 Å². The monoisotopic (exact) mass is 358 g/mol. The van der Waals surface area contributed by atoms with Gasteiger partial charge in [0.2, 0.25) is 0 Å². The number of amides is 2. The Morgan fingerprint density at radius 3 is 2.64 bits per heavy atom. The third-order valence-corrected chi connectivity index (χ3v) is 5.24. The molecule has 0 aliphatic carbocycles. The van der Waals surface area contributed by atoms with Gasteiger partial charge < -0.3 is 10.1 Å². The maximum absolute atomic E-state index is 12.1. The summed E-state index contributed by atoms with van der Waals surface area (Å²) in [4.78, 5) is 25.6. The Kier molecular flexibility index (Phi) is 5.44. The number of esters is 1. The molecule has 0 fully saturated rings. The zero-order valence-corrected chi connectivity index (χ0v) is 14.6. The zero-order valence-electron chi connectivity index (χ0n) is 12.2. The van der Waals surface area contributed by atoms with E-state index in [0.29, 0.717) is 14.9 Å². The molecule has 2 N–H and O–H groups in total. The molecule has 0 saturated carbocycles. The number of thiophene rings is 2. The molecule has 2 heterocycles. The first-order valence-corrected chi connectivity index (χ1v) is 8.43. The van der Waals surface area contributed by atoms with Crippen molar-refractivity contribution in [2.75, 3.05) is 12.4 Å². The molecule has 118 valence electrons. The lowest BCUT2D eigenvalue weighted by atomic mass is 10.3. The van der Waals surface area contributed by atoms with E-state index in [1.165, 1.54) is 29.8 Å². The summed E-state index contributed by atoms with van der Waals surface area (Å²) in [6.45, 7) is 3.72. The number of aryl methyl sites for hydroxylation is 1. The van der Waals surface area contributed by atoms with Crippen molar-refractivity contribution in [2.24, 2.45) is 0 Å². The molecule has 2 aromatic heterocycles. The van der Waals surface area contributed by atoms with Crippen molar-refractivity contribution < 1.29 is 14.3 Å². The lowest BCUT2D eigenvalue weighted by Gasteiger charge is -2.13. The highest BCUT2D eigenvalue weighted by Gasteiger charge is 2.18.